The molecular formula is C66H42. The van der Waals surface area contributed by atoms with Crippen LogP contribution in [0.2, 0.25) is 0 Å². The standard InChI is InChI=1S/C66H42/c1-7-31-49-43(19-1)25-13-37-55(49)61-62(56-38-14-26-44-20-2-8-32-50(44)56)64(58-40-16-28-46-22-4-10-34-52(46)58)66(60-42-18-30-48-24-6-12-36-54(48)60)65(59-41-17-29-47-23-5-11-35-53(47)59)63(61)57-39-15-27-45-21-3-9-33-51(45)57/h1-42H. The highest BCUT2D eigenvalue weighted by Gasteiger charge is 2.32. The average Bonchev–Trinajstić information content (AvgIpc) is 3.39. The van der Waals surface area contributed by atoms with Gasteiger partial charge in [0.1, 0.15) is 0 Å². The summed E-state index contributed by atoms with van der Waals surface area (Å²) in [4.78, 5) is 0. The summed E-state index contributed by atoms with van der Waals surface area (Å²) in [6, 6.07) is 95.0. The monoisotopic (exact) mass is 834 g/mol. The van der Waals surface area contributed by atoms with Crippen molar-refractivity contribution in [2.45, 2.75) is 0 Å². The summed E-state index contributed by atoms with van der Waals surface area (Å²) in [5, 5.41) is 14.5. The predicted octanol–water partition coefficient (Wildman–Crippen LogP) is 18.6. The first-order valence-electron chi connectivity index (χ1n) is 22.9. The average molecular weight is 835 g/mol. The molecule has 13 aromatic carbocycles. The Kier molecular flexibility index (Phi) is 8.96. The maximum absolute atomic E-state index is 2.37. The van der Waals surface area contributed by atoms with E-state index in [0.29, 0.717) is 0 Å². The second kappa shape index (κ2) is 15.6. The fraction of sp³-hybridized carbons (Fsp3) is 0. The molecule has 0 saturated heterocycles. The molecule has 0 nitrogen and oxygen atoms in total. The van der Waals surface area contributed by atoms with Crippen LogP contribution in [0.3, 0.4) is 0 Å². The van der Waals surface area contributed by atoms with Crippen molar-refractivity contribution in [3.8, 4) is 66.8 Å². The van der Waals surface area contributed by atoms with Crippen LogP contribution in [0.4, 0.5) is 0 Å². The van der Waals surface area contributed by atoms with Crippen LogP contribution < -0.4 is 0 Å². The van der Waals surface area contributed by atoms with Gasteiger partial charge in [0, 0.05) is 0 Å². The van der Waals surface area contributed by atoms with Gasteiger partial charge in [-0.3, -0.25) is 0 Å². The summed E-state index contributed by atoms with van der Waals surface area (Å²) < 4.78 is 0. The third-order valence-electron chi connectivity index (χ3n) is 13.9. The molecule has 0 saturated carbocycles. The van der Waals surface area contributed by atoms with Gasteiger partial charge in [0.15, 0.2) is 0 Å². The van der Waals surface area contributed by atoms with Crippen LogP contribution in [-0.2, 0) is 0 Å². The molecule has 0 N–H and O–H groups in total. The van der Waals surface area contributed by atoms with E-state index in [-0.39, 0.29) is 0 Å². The van der Waals surface area contributed by atoms with Gasteiger partial charge in [-0.2, -0.15) is 0 Å². The van der Waals surface area contributed by atoms with Crippen LogP contribution in [0.1, 0.15) is 0 Å². The molecule has 13 aromatic rings. The van der Waals surface area contributed by atoms with E-state index >= 15 is 0 Å². The van der Waals surface area contributed by atoms with Crippen LogP contribution in [0, 0.1) is 0 Å². The largest absolute Gasteiger partial charge is 0.0616 e. The van der Waals surface area contributed by atoms with Crippen molar-refractivity contribution in [2.24, 2.45) is 0 Å². The Bertz CT molecular complexity index is 3320. The predicted molar refractivity (Wildman–Crippen MR) is 284 cm³/mol. The molecule has 0 aromatic heterocycles. The van der Waals surface area contributed by atoms with Crippen molar-refractivity contribution < 1.29 is 0 Å². The highest BCUT2D eigenvalue weighted by Crippen LogP contribution is 2.60. The van der Waals surface area contributed by atoms with E-state index in [2.05, 4.69) is 255 Å². The molecule has 0 aliphatic heterocycles. The number of hydrogen-bond acceptors (Lipinski definition) is 0. The molecule has 0 unspecified atom stereocenters. The maximum Gasteiger partial charge on any atom is -0.000719 e. The fourth-order valence-electron chi connectivity index (χ4n) is 11.0. The second-order valence-electron chi connectivity index (χ2n) is 17.4. The Balaban J connectivity index is 1.43. The Morgan fingerprint density at radius 1 is 0.121 bits per heavy atom. The first kappa shape index (κ1) is 37.9. The summed E-state index contributed by atoms with van der Waals surface area (Å²) in [6.45, 7) is 0. The molecule has 0 aliphatic rings. The van der Waals surface area contributed by atoms with Crippen molar-refractivity contribution in [1.29, 1.82) is 0 Å². The molecule has 0 radical (unpaired) electrons. The Hall–Kier alpha value is -8.58. The van der Waals surface area contributed by atoms with Crippen molar-refractivity contribution in [2.75, 3.05) is 0 Å². The van der Waals surface area contributed by atoms with Crippen LogP contribution >= 0.6 is 0 Å². The summed E-state index contributed by atoms with van der Waals surface area (Å²) in [7, 11) is 0. The number of benzene rings is 13. The Morgan fingerprint density at radius 3 is 0.424 bits per heavy atom. The molecule has 0 amide bonds. The van der Waals surface area contributed by atoms with Gasteiger partial charge < -0.3 is 0 Å². The lowest BCUT2D eigenvalue weighted by atomic mass is 9.71. The Labute approximate surface area is 384 Å². The molecule has 0 heteroatoms. The maximum atomic E-state index is 2.37. The van der Waals surface area contributed by atoms with Gasteiger partial charge in [-0.25, -0.2) is 0 Å². The van der Waals surface area contributed by atoms with Gasteiger partial charge in [-0.1, -0.05) is 255 Å². The molecule has 0 aliphatic carbocycles. The lowest BCUT2D eigenvalue weighted by Crippen LogP contribution is -2.04. The van der Waals surface area contributed by atoms with Gasteiger partial charge in [-0.15, -0.1) is 0 Å². The summed E-state index contributed by atoms with van der Waals surface area (Å²) in [6.07, 6.45) is 0. The van der Waals surface area contributed by atoms with Gasteiger partial charge in [0.05, 0.1) is 0 Å². The van der Waals surface area contributed by atoms with E-state index in [1.54, 1.807) is 0 Å². The summed E-state index contributed by atoms with van der Waals surface area (Å²) in [5.41, 5.74) is 14.5. The lowest BCUT2D eigenvalue weighted by molar-refractivity contribution is 1.56. The smallest absolute Gasteiger partial charge is 0.000719 e. The zero-order valence-corrected chi connectivity index (χ0v) is 36.2. The lowest BCUT2D eigenvalue weighted by Gasteiger charge is -2.31. The first-order valence-corrected chi connectivity index (χ1v) is 22.9. The zero-order valence-electron chi connectivity index (χ0n) is 36.2. The minimum atomic E-state index is 1.20. The van der Waals surface area contributed by atoms with Gasteiger partial charge in [0.2, 0.25) is 0 Å². The molecular weight excluding hydrogens is 793 g/mol. The van der Waals surface area contributed by atoms with E-state index in [0.717, 1.165) is 0 Å². The van der Waals surface area contributed by atoms with E-state index in [9.17, 15) is 0 Å². The second-order valence-corrected chi connectivity index (χ2v) is 17.4. The van der Waals surface area contributed by atoms with Crippen molar-refractivity contribution >= 4 is 64.6 Å². The minimum Gasteiger partial charge on any atom is -0.0616 e. The van der Waals surface area contributed by atoms with E-state index in [1.165, 1.54) is 131 Å². The van der Waals surface area contributed by atoms with Gasteiger partial charge in [-0.05, 0) is 131 Å². The molecule has 0 bridgehead atoms. The molecule has 66 heavy (non-hydrogen) atoms. The van der Waals surface area contributed by atoms with Crippen LogP contribution in [-0.4, -0.2) is 0 Å². The number of hydrogen-bond donors (Lipinski definition) is 0. The van der Waals surface area contributed by atoms with Crippen LogP contribution in [0.25, 0.3) is 131 Å². The van der Waals surface area contributed by atoms with Gasteiger partial charge >= 0.3 is 0 Å². The van der Waals surface area contributed by atoms with E-state index in [4.69, 9.17) is 0 Å². The normalized spacial score (nSPS) is 11.6. The third kappa shape index (κ3) is 6.00. The molecule has 0 fully saturated rings. The molecule has 13 rings (SSSR count). The van der Waals surface area contributed by atoms with Gasteiger partial charge in [0.25, 0.3) is 0 Å². The first-order chi connectivity index (χ1) is 32.8. The fourth-order valence-corrected chi connectivity index (χ4v) is 11.0. The van der Waals surface area contributed by atoms with Crippen LogP contribution in [0.15, 0.2) is 255 Å². The molecule has 306 valence electrons. The quantitative estimate of drug-likeness (QED) is 0.157. The molecule has 0 heterocycles. The zero-order chi connectivity index (χ0) is 43.6. The summed E-state index contributed by atoms with van der Waals surface area (Å²) >= 11 is 0. The third-order valence-corrected chi connectivity index (χ3v) is 13.9. The van der Waals surface area contributed by atoms with Crippen molar-refractivity contribution in [3.63, 3.8) is 0 Å². The minimum absolute atomic E-state index is 1.20. The highest BCUT2D eigenvalue weighted by atomic mass is 14.3. The number of rotatable bonds is 6. The van der Waals surface area contributed by atoms with Crippen LogP contribution in [0.5, 0.6) is 0 Å². The van der Waals surface area contributed by atoms with E-state index in [1.807, 2.05) is 0 Å². The van der Waals surface area contributed by atoms with E-state index < -0.39 is 0 Å². The Morgan fingerprint density at radius 2 is 0.258 bits per heavy atom. The topological polar surface area (TPSA) is 0 Å². The SMILES string of the molecule is c1ccc2c(-c3c(-c4cccc5ccccc45)c(-c4cccc5ccccc45)c(-c4cccc5ccccc45)c(-c4cccc5ccccc45)c3-c3cccc4ccccc34)cccc2c1. The molecule has 0 spiro atoms. The van der Waals surface area contributed by atoms with Crippen molar-refractivity contribution in [3.05, 3.63) is 255 Å². The molecule has 0 atom stereocenters. The summed E-state index contributed by atoms with van der Waals surface area (Å²) in [5.74, 6) is 0. The number of fused-ring (bicyclic) bond motifs is 6. The highest BCUT2D eigenvalue weighted by molar-refractivity contribution is 6.26. The van der Waals surface area contributed by atoms with Crippen molar-refractivity contribution in [1.82, 2.24) is 0 Å².